The molecule has 0 fully saturated rings. The normalized spacial score (nSPS) is 10.4. The molecule has 1 heterocycles. The fraction of sp³-hybridized carbons (Fsp3) is 0.286. The van der Waals surface area contributed by atoms with Crippen LogP contribution < -0.4 is 0 Å². The number of rotatable bonds is 1. The minimum absolute atomic E-state index is 0.238. The van der Waals surface area contributed by atoms with Crippen LogP contribution in [0.4, 0.5) is 0 Å². The van der Waals surface area contributed by atoms with Crippen LogP contribution in [0.3, 0.4) is 0 Å². The van der Waals surface area contributed by atoms with Crippen molar-refractivity contribution in [2.45, 2.75) is 10.7 Å². The molecule has 1 aromatic heterocycles. The molecular formula is C7H7Br2N. The monoisotopic (exact) mass is 263 g/mol. The zero-order valence-corrected chi connectivity index (χ0v) is 8.68. The van der Waals surface area contributed by atoms with Crippen LogP contribution >= 0.6 is 31.9 Å². The minimum atomic E-state index is 0.238. The van der Waals surface area contributed by atoms with E-state index in [1.165, 1.54) is 5.56 Å². The summed E-state index contributed by atoms with van der Waals surface area (Å²) in [6, 6.07) is 4.01. The Morgan fingerprint density at radius 3 is 2.60 bits per heavy atom. The van der Waals surface area contributed by atoms with Crippen LogP contribution in [0.15, 0.2) is 18.3 Å². The summed E-state index contributed by atoms with van der Waals surface area (Å²) in [7, 11) is 0. The number of halogens is 2. The molecule has 0 radical (unpaired) electrons. The van der Waals surface area contributed by atoms with E-state index in [4.69, 9.17) is 0 Å². The number of nitrogens with zero attached hydrogens (tertiary/aromatic N) is 1. The van der Waals surface area contributed by atoms with Gasteiger partial charge in [0.25, 0.3) is 0 Å². The molecule has 0 aromatic carbocycles. The molecule has 1 rings (SSSR count). The quantitative estimate of drug-likeness (QED) is 0.710. The summed E-state index contributed by atoms with van der Waals surface area (Å²) >= 11 is 6.81. The van der Waals surface area contributed by atoms with E-state index >= 15 is 0 Å². The third-order valence-corrected chi connectivity index (χ3v) is 2.23. The first kappa shape index (κ1) is 8.21. The van der Waals surface area contributed by atoms with Gasteiger partial charge in [-0.1, -0.05) is 31.9 Å². The standard InChI is InChI=1S/C7H7Br2N/c1-5-4-6(7(8)9)2-3-10-5/h2-4,7H,1H3. The lowest BCUT2D eigenvalue weighted by molar-refractivity contribution is 1.17. The van der Waals surface area contributed by atoms with Gasteiger partial charge in [0.2, 0.25) is 0 Å². The molecule has 0 amide bonds. The molecule has 0 bridgehead atoms. The number of aryl methyl sites for hydroxylation is 1. The van der Waals surface area contributed by atoms with E-state index in [2.05, 4.69) is 36.8 Å². The van der Waals surface area contributed by atoms with Crippen molar-refractivity contribution in [3.05, 3.63) is 29.6 Å². The second-order valence-electron chi connectivity index (χ2n) is 2.03. The molecule has 0 aliphatic heterocycles. The van der Waals surface area contributed by atoms with Crippen LogP contribution in [0.5, 0.6) is 0 Å². The molecule has 0 spiro atoms. The van der Waals surface area contributed by atoms with Gasteiger partial charge in [0.15, 0.2) is 0 Å². The van der Waals surface area contributed by atoms with E-state index in [0.29, 0.717) is 0 Å². The Hall–Kier alpha value is 0.110. The van der Waals surface area contributed by atoms with Gasteiger partial charge in [0.05, 0.1) is 3.74 Å². The Morgan fingerprint density at radius 1 is 1.50 bits per heavy atom. The van der Waals surface area contributed by atoms with Crippen LogP contribution in [0.1, 0.15) is 15.0 Å². The lowest BCUT2D eigenvalue weighted by Gasteiger charge is -2.00. The molecule has 3 heteroatoms. The zero-order valence-electron chi connectivity index (χ0n) is 5.51. The lowest BCUT2D eigenvalue weighted by Crippen LogP contribution is -1.84. The van der Waals surface area contributed by atoms with Crippen molar-refractivity contribution in [1.82, 2.24) is 4.98 Å². The van der Waals surface area contributed by atoms with Gasteiger partial charge in [-0.05, 0) is 24.6 Å². The maximum Gasteiger partial charge on any atom is 0.0947 e. The maximum absolute atomic E-state index is 4.08. The molecule has 10 heavy (non-hydrogen) atoms. The SMILES string of the molecule is Cc1cc(C(Br)Br)ccn1. The molecule has 1 nitrogen and oxygen atoms in total. The van der Waals surface area contributed by atoms with Gasteiger partial charge in [-0.2, -0.15) is 0 Å². The van der Waals surface area contributed by atoms with Crippen molar-refractivity contribution in [3.63, 3.8) is 0 Å². The molecular weight excluding hydrogens is 258 g/mol. The van der Waals surface area contributed by atoms with Crippen LogP contribution in [0, 0.1) is 6.92 Å². The van der Waals surface area contributed by atoms with Gasteiger partial charge < -0.3 is 0 Å². The number of alkyl halides is 2. The van der Waals surface area contributed by atoms with Crippen LogP contribution in [0.25, 0.3) is 0 Å². The maximum atomic E-state index is 4.08. The highest BCUT2D eigenvalue weighted by molar-refractivity contribution is 9.24. The molecule has 54 valence electrons. The Labute approximate surface area is 77.1 Å². The van der Waals surface area contributed by atoms with Gasteiger partial charge in [-0.15, -0.1) is 0 Å². The van der Waals surface area contributed by atoms with Crippen LogP contribution in [-0.4, -0.2) is 4.98 Å². The van der Waals surface area contributed by atoms with Crippen molar-refractivity contribution < 1.29 is 0 Å². The highest BCUT2D eigenvalue weighted by atomic mass is 79.9. The van der Waals surface area contributed by atoms with Crippen molar-refractivity contribution in [1.29, 1.82) is 0 Å². The second kappa shape index (κ2) is 3.49. The molecule has 0 saturated heterocycles. The number of hydrogen-bond acceptors (Lipinski definition) is 1. The Morgan fingerprint density at radius 2 is 2.20 bits per heavy atom. The largest absolute Gasteiger partial charge is 0.262 e. The predicted octanol–water partition coefficient (Wildman–Crippen LogP) is 3.18. The van der Waals surface area contributed by atoms with Crippen LogP contribution in [-0.2, 0) is 0 Å². The fourth-order valence-corrected chi connectivity index (χ4v) is 1.27. The smallest absolute Gasteiger partial charge is 0.0947 e. The lowest BCUT2D eigenvalue weighted by atomic mass is 10.3. The highest BCUT2D eigenvalue weighted by Gasteiger charge is 2.00. The topological polar surface area (TPSA) is 12.9 Å². The highest BCUT2D eigenvalue weighted by Crippen LogP contribution is 2.28. The van der Waals surface area contributed by atoms with Crippen LogP contribution in [0.2, 0.25) is 0 Å². The summed E-state index contributed by atoms with van der Waals surface area (Å²) in [5, 5.41) is 0. The molecule has 1 aromatic rings. The summed E-state index contributed by atoms with van der Waals surface area (Å²) < 4.78 is 0.238. The van der Waals surface area contributed by atoms with Crippen molar-refractivity contribution >= 4 is 31.9 Å². The molecule has 0 aliphatic rings. The van der Waals surface area contributed by atoms with E-state index in [-0.39, 0.29) is 3.74 Å². The van der Waals surface area contributed by atoms with Gasteiger partial charge in [-0.3, -0.25) is 4.98 Å². The van der Waals surface area contributed by atoms with E-state index in [1.807, 2.05) is 19.1 Å². The fourth-order valence-electron chi connectivity index (χ4n) is 0.703. The summed E-state index contributed by atoms with van der Waals surface area (Å²) in [5.41, 5.74) is 2.24. The average molecular weight is 265 g/mol. The molecule has 0 atom stereocenters. The van der Waals surface area contributed by atoms with Gasteiger partial charge >= 0.3 is 0 Å². The van der Waals surface area contributed by atoms with Gasteiger partial charge in [0.1, 0.15) is 0 Å². The first-order valence-electron chi connectivity index (χ1n) is 2.91. The van der Waals surface area contributed by atoms with E-state index < -0.39 is 0 Å². The Bertz CT molecular complexity index is 223. The van der Waals surface area contributed by atoms with Gasteiger partial charge in [0, 0.05) is 11.9 Å². The molecule has 0 saturated carbocycles. The minimum Gasteiger partial charge on any atom is -0.262 e. The second-order valence-corrected chi connectivity index (χ2v) is 5.09. The summed E-state index contributed by atoms with van der Waals surface area (Å²) in [6.45, 7) is 1.98. The van der Waals surface area contributed by atoms with Gasteiger partial charge in [-0.25, -0.2) is 0 Å². The van der Waals surface area contributed by atoms with Crippen molar-refractivity contribution in [2.24, 2.45) is 0 Å². The molecule has 0 unspecified atom stereocenters. The average Bonchev–Trinajstić information content (AvgIpc) is 1.88. The first-order valence-corrected chi connectivity index (χ1v) is 4.74. The third-order valence-electron chi connectivity index (χ3n) is 1.17. The van der Waals surface area contributed by atoms with E-state index in [0.717, 1.165) is 5.69 Å². The van der Waals surface area contributed by atoms with E-state index in [9.17, 15) is 0 Å². The Kier molecular flexibility index (Phi) is 2.86. The summed E-state index contributed by atoms with van der Waals surface area (Å²) in [6.07, 6.45) is 1.81. The first-order chi connectivity index (χ1) is 4.70. The zero-order chi connectivity index (χ0) is 7.56. The summed E-state index contributed by atoms with van der Waals surface area (Å²) in [5.74, 6) is 0. The predicted molar refractivity (Wildman–Crippen MR) is 49.6 cm³/mol. The van der Waals surface area contributed by atoms with Crippen molar-refractivity contribution in [2.75, 3.05) is 0 Å². The molecule has 0 aliphatic carbocycles. The van der Waals surface area contributed by atoms with E-state index in [1.54, 1.807) is 6.20 Å². The number of hydrogen-bond donors (Lipinski definition) is 0. The van der Waals surface area contributed by atoms with Crippen molar-refractivity contribution in [3.8, 4) is 0 Å². The molecule has 0 N–H and O–H groups in total. The third kappa shape index (κ3) is 2.06. The Balaban J connectivity index is 2.96. The number of aromatic nitrogens is 1. The summed E-state index contributed by atoms with van der Waals surface area (Å²) in [4.78, 5) is 4.08. The number of pyridine rings is 1.